The largest absolute Gasteiger partial charge is 0.278 e. The Morgan fingerprint density at radius 1 is 0.824 bits per heavy atom. The van der Waals surface area contributed by atoms with E-state index in [-0.39, 0.29) is 11.3 Å². The summed E-state index contributed by atoms with van der Waals surface area (Å²) in [5.74, 6) is 2.05. The van der Waals surface area contributed by atoms with Gasteiger partial charge < -0.3 is 0 Å². The lowest BCUT2D eigenvalue weighted by Gasteiger charge is -2.20. The second kappa shape index (κ2) is 9.26. The van der Waals surface area contributed by atoms with Gasteiger partial charge in [-0.2, -0.15) is 0 Å². The second-order valence-corrected chi connectivity index (χ2v) is 10.0. The summed E-state index contributed by atoms with van der Waals surface area (Å²) in [6, 6.07) is 29.8. The highest BCUT2D eigenvalue weighted by Gasteiger charge is 2.23. The fraction of sp³-hybridized carbons (Fsp3) is 0.226. The fourth-order valence-corrected chi connectivity index (χ4v) is 4.49. The van der Waals surface area contributed by atoms with Crippen LogP contribution in [-0.2, 0) is 11.8 Å². The molecule has 4 aromatic rings. The van der Waals surface area contributed by atoms with Gasteiger partial charge in [0.15, 0.2) is 5.82 Å². The van der Waals surface area contributed by atoms with Crippen molar-refractivity contribution < 1.29 is 0 Å². The van der Waals surface area contributed by atoms with Gasteiger partial charge in [0, 0.05) is 17.2 Å². The van der Waals surface area contributed by atoms with Crippen LogP contribution in [-0.4, -0.2) is 14.8 Å². The maximum absolute atomic E-state index is 4.71. The molecule has 0 spiro atoms. The van der Waals surface area contributed by atoms with E-state index in [1.54, 1.807) is 0 Å². The van der Waals surface area contributed by atoms with Crippen LogP contribution >= 0.6 is 0 Å². The van der Waals surface area contributed by atoms with Crippen molar-refractivity contribution in [3.8, 4) is 17.1 Å². The van der Waals surface area contributed by atoms with Crippen LogP contribution in [0.15, 0.2) is 109 Å². The summed E-state index contributed by atoms with van der Waals surface area (Å²) in [4.78, 5) is 0. The Bertz CT molecular complexity index is 1300. The maximum Gasteiger partial charge on any atom is 0.168 e. The molecule has 0 fully saturated rings. The molecule has 170 valence electrons. The molecular weight excluding hydrogens is 414 g/mol. The molecule has 0 N–H and O–H groups in total. The first kappa shape index (κ1) is 22.1. The summed E-state index contributed by atoms with van der Waals surface area (Å²) in [6.07, 6.45) is 8.77. The van der Waals surface area contributed by atoms with Gasteiger partial charge >= 0.3 is 0 Å². The van der Waals surface area contributed by atoms with Gasteiger partial charge in [-0.25, -0.2) is 0 Å². The minimum Gasteiger partial charge on any atom is -0.278 e. The molecule has 1 unspecified atom stereocenters. The molecule has 1 heterocycles. The van der Waals surface area contributed by atoms with E-state index in [9.17, 15) is 0 Å². The normalized spacial score (nSPS) is 15.9. The molecule has 1 aliphatic rings. The van der Waals surface area contributed by atoms with Gasteiger partial charge in [0.1, 0.15) is 5.82 Å². The molecule has 5 rings (SSSR count). The molecule has 0 bridgehead atoms. The quantitative estimate of drug-likeness (QED) is 0.319. The highest BCUT2D eigenvalue weighted by atomic mass is 15.3. The van der Waals surface area contributed by atoms with Crippen molar-refractivity contribution >= 4 is 0 Å². The summed E-state index contributed by atoms with van der Waals surface area (Å²) in [6.45, 7) is 6.71. The van der Waals surface area contributed by atoms with Crippen molar-refractivity contribution in [2.45, 2.75) is 44.9 Å². The van der Waals surface area contributed by atoms with E-state index in [0.29, 0.717) is 0 Å². The van der Waals surface area contributed by atoms with E-state index in [0.717, 1.165) is 35.7 Å². The van der Waals surface area contributed by atoms with Crippen LogP contribution in [0.25, 0.3) is 17.1 Å². The molecule has 0 radical (unpaired) electrons. The first-order valence-corrected chi connectivity index (χ1v) is 12.0. The Morgan fingerprint density at radius 2 is 1.50 bits per heavy atom. The molecule has 3 heteroatoms. The fourth-order valence-electron chi connectivity index (χ4n) is 4.49. The zero-order valence-electron chi connectivity index (χ0n) is 20.1. The van der Waals surface area contributed by atoms with Crippen molar-refractivity contribution in [3.05, 3.63) is 126 Å². The molecule has 1 aliphatic carbocycles. The number of hydrogen-bond donors (Lipinski definition) is 0. The third-order valence-corrected chi connectivity index (χ3v) is 6.47. The van der Waals surface area contributed by atoms with Gasteiger partial charge in [-0.3, -0.25) is 4.57 Å². The number of benzene rings is 3. The van der Waals surface area contributed by atoms with Crippen LogP contribution in [0.3, 0.4) is 0 Å². The lowest BCUT2D eigenvalue weighted by atomic mass is 9.86. The highest BCUT2D eigenvalue weighted by molar-refractivity contribution is 5.60. The standard InChI is InChI=1S/C31H31N3/c1-31(2,3)27-20-18-26(19-21-27)30-33-32-29(34(30)28-12-8-5-9-13-28)25-16-14-24(15-17-25)22-23-10-6-4-7-11-23/h4-16,18-21,25H,17,22H2,1-3H3. The Balaban J connectivity index is 1.47. The van der Waals surface area contributed by atoms with Gasteiger partial charge in [0.05, 0.1) is 0 Å². The van der Waals surface area contributed by atoms with Crippen LogP contribution in [0.1, 0.15) is 50.1 Å². The second-order valence-electron chi connectivity index (χ2n) is 10.0. The van der Waals surface area contributed by atoms with E-state index in [1.807, 2.05) is 6.07 Å². The smallest absolute Gasteiger partial charge is 0.168 e. The molecule has 0 saturated carbocycles. The van der Waals surface area contributed by atoms with Gasteiger partial charge in [-0.05, 0) is 47.1 Å². The maximum atomic E-state index is 4.71. The average molecular weight is 446 g/mol. The lowest BCUT2D eigenvalue weighted by molar-refractivity contribution is 0.590. The number of nitrogens with zero attached hydrogens (tertiary/aromatic N) is 3. The van der Waals surface area contributed by atoms with E-state index in [1.165, 1.54) is 16.7 Å². The summed E-state index contributed by atoms with van der Waals surface area (Å²) < 4.78 is 2.22. The predicted molar refractivity (Wildman–Crippen MR) is 140 cm³/mol. The topological polar surface area (TPSA) is 30.7 Å². The van der Waals surface area contributed by atoms with E-state index >= 15 is 0 Å². The molecular formula is C31H31N3. The van der Waals surface area contributed by atoms with Crippen LogP contribution in [0.5, 0.6) is 0 Å². The molecule has 1 atom stereocenters. The van der Waals surface area contributed by atoms with E-state index < -0.39 is 0 Å². The van der Waals surface area contributed by atoms with Crippen molar-refractivity contribution in [1.82, 2.24) is 14.8 Å². The van der Waals surface area contributed by atoms with Crippen molar-refractivity contribution in [3.63, 3.8) is 0 Å². The number of rotatable bonds is 5. The monoisotopic (exact) mass is 445 g/mol. The number of para-hydroxylation sites is 1. The number of allylic oxidation sites excluding steroid dienone is 4. The first-order chi connectivity index (χ1) is 16.5. The first-order valence-electron chi connectivity index (χ1n) is 12.0. The van der Waals surface area contributed by atoms with Crippen molar-refractivity contribution in [2.75, 3.05) is 0 Å². The summed E-state index contributed by atoms with van der Waals surface area (Å²) in [5.41, 5.74) is 6.29. The Labute approximate surface area is 202 Å². The van der Waals surface area contributed by atoms with Crippen LogP contribution in [0.2, 0.25) is 0 Å². The van der Waals surface area contributed by atoms with Crippen molar-refractivity contribution in [1.29, 1.82) is 0 Å². The molecule has 0 amide bonds. The van der Waals surface area contributed by atoms with Gasteiger partial charge in [0.25, 0.3) is 0 Å². The summed E-state index contributed by atoms with van der Waals surface area (Å²) in [7, 11) is 0. The van der Waals surface area contributed by atoms with Gasteiger partial charge in [-0.15, -0.1) is 10.2 Å². The van der Waals surface area contributed by atoms with Gasteiger partial charge in [0.2, 0.25) is 0 Å². The van der Waals surface area contributed by atoms with E-state index in [2.05, 4.69) is 128 Å². The zero-order valence-corrected chi connectivity index (χ0v) is 20.1. The predicted octanol–water partition coefficient (Wildman–Crippen LogP) is 7.44. The molecule has 0 aliphatic heterocycles. The van der Waals surface area contributed by atoms with Crippen LogP contribution in [0.4, 0.5) is 0 Å². The SMILES string of the molecule is CC(C)(C)c1ccc(-c2nnc(C3C=CC(Cc4ccccc4)=CC3)n2-c2ccccc2)cc1. The molecule has 3 nitrogen and oxygen atoms in total. The van der Waals surface area contributed by atoms with Crippen LogP contribution < -0.4 is 0 Å². The minimum absolute atomic E-state index is 0.119. The highest BCUT2D eigenvalue weighted by Crippen LogP contribution is 2.33. The molecule has 0 saturated heterocycles. The summed E-state index contributed by atoms with van der Waals surface area (Å²) in [5, 5.41) is 9.38. The molecule has 3 aromatic carbocycles. The lowest BCUT2D eigenvalue weighted by Crippen LogP contribution is -2.11. The Hall–Kier alpha value is -3.72. The molecule has 34 heavy (non-hydrogen) atoms. The third kappa shape index (κ3) is 4.65. The Morgan fingerprint density at radius 3 is 2.12 bits per heavy atom. The third-order valence-electron chi connectivity index (χ3n) is 6.47. The van der Waals surface area contributed by atoms with Gasteiger partial charge in [-0.1, -0.05) is 112 Å². The molecule has 1 aromatic heterocycles. The number of aromatic nitrogens is 3. The van der Waals surface area contributed by atoms with E-state index in [4.69, 9.17) is 5.10 Å². The average Bonchev–Trinajstić information content (AvgIpc) is 3.30. The Kier molecular flexibility index (Phi) is 6.02. The zero-order chi connectivity index (χ0) is 23.5. The number of hydrogen-bond acceptors (Lipinski definition) is 2. The summed E-state index contributed by atoms with van der Waals surface area (Å²) >= 11 is 0. The minimum atomic E-state index is 0.119. The van der Waals surface area contributed by atoms with Crippen molar-refractivity contribution in [2.24, 2.45) is 0 Å². The van der Waals surface area contributed by atoms with Crippen LogP contribution in [0, 0.1) is 0 Å².